The number of aromatic nitrogens is 2. The molecular formula is C14H6N2O3S. The number of carbonyl (C=O) groups is 2. The Balaban J connectivity index is 1.98. The molecule has 0 atom stereocenters. The number of thiophene rings is 1. The molecule has 0 N–H and O–H groups in total. The van der Waals surface area contributed by atoms with Gasteiger partial charge in [-0.3, -0.25) is 14.6 Å². The van der Waals surface area contributed by atoms with E-state index in [1.165, 1.54) is 11.3 Å². The van der Waals surface area contributed by atoms with Crippen LogP contribution in [0.4, 0.5) is 0 Å². The molecule has 0 spiro atoms. The quantitative estimate of drug-likeness (QED) is 0.536. The molecule has 4 rings (SSSR count). The largest absolute Gasteiger partial charge is 0.351 e. The first-order chi connectivity index (χ1) is 9.77. The van der Waals surface area contributed by atoms with Crippen molar-refractivity contribution in [1.29, 1.82) is 0 Å². The summed E-state index contributed by atoms with van der Waals surface area (Å²) in [4.78, 5) is 29.3. The van der Waals surface area contributed by atoms with E-state index >= 15 is 0 Å². The molecule has 5 nitrogen and oxygen atoms in total. The maximum absolute atomic E-state index is 12.5. The lowest BCUT2D eigenvalue weighted by Gasteiger charge is -2.08. The molecule has 0 bridgehead atoms. The molecule has 0 saturated heterocycles. The van der Waals surface area contributed by atoms with Gasteiger partial charge in [0.15, 0.2) is 0 Å². The monoisotopic (exact) mass is 282 g/mol. The average molecular weight is 282 g/mol. The molecule has 3 heterocycles. The van der Waals surface area contributed by atoms with E-state index in [1.807, 2.05) is 0 Å². The summed E-state index contributed by atoms with van der Waals surface area (Å²) >= 11 is 1.25. The molecule has 0 radical (unpaired) electrons. The molecule has 6 heteroatoms. The van der Waals surface area contributed by atoms with Crippen LogP contribution in [0.15, 0.2) is 40.4 Å². The predicted octanol–water partition coefficient (Wildman–Crippen LogP) is 2.57. The van der Waals surface area contributed by atoms with E-state index in [2.05, 4.69) is 10.1 Å². The number of carbonyl (C=O) groups excluding carboxylic acids is 2. The van der Waals surface area contributed by atoms with Crippen molar-refractivity contribution in [3.63, 3.8) is 0 Å². The van der Waals surface area contributed by atoms with Gasteiger partial charge >= 0.3 is 0 Å². The van der Waals surface area contributed by atoms with E-state index in [4.69, 9.17) is 4.52 Å². The Hall–Kier alpha value is -2.60. The van der Waals surface area contributed by atoms with E-state index in [0.29, 0.717) is 21.8 Å². The third-order valence-corrected chi connectivity index (χ3v) is 4.06. The highest BCUT2D eigenvalue weighted by molar-refractivity contribution is 7.12. The van der Waals surface area contributed by atoms with Gasteiger partial charge in [-0.05, 0) is 23.6 Å². The zero-order valence-corrected chi connectivity index (χ0v) is 10.8. The Labute approximate surface area is 116 Å². The van der Waals surface area contributed by atoms with Crippen LogP contribution in [0, 0.1) is 0 Å². The van der Waals surface area contributed by atoms with Gasteiger partial charge in [-0.2, -0.15) is 0 Å². The second-order valence-corrected chi connectivity index (χ2v) is 5.19. The van der Waals surface area contributed by atoms with Gasteiger partial charge in [-0.1, -0.05) is 11.2 Å². The standard InChI is InChI=1S/C14H6N2O3S/c17-11-7-4-6-20-14(7)12(18)9-10(16-19-13(9)11)8-3-1-2-5-15-8/h1-6H. The van der Waals surface area contributed by atoms with Crippen molar-refractivity contribution >= 4 is 22.9 Å². The molecule has 96 valence electrons. The molecule has 0 aliphatic heterocycles. The highest BCUT2D eigenvalue weighted by Crippen LogP contribution is 2.35. The van der Waals surface area contributed by atoms with Crippen molar-refractivity contribution in [2.45, 2.75) is 0 Å². The molecule has 0 amide bonds. The van der Waals surface area contributed by atoms with E-state index in [0.717, 1.165) is 0 Å². The molecule has 0 aromatic carbocycles. The molecule has 3 aromatic heterocycles. The normalized spacial score (nSPS) is 13.2. The van der Waals surface area contributed by atoms with E-state index in [1.54, 1.807) is 35.8 Å². The maximum Gasteiger partial charge on any atom is 0.233 e. The fraction of sp³-hybridized carbons (Fsp3) is 0. The Kier molecular flexibility index (Phi) is 2.22. The Morgan fingerprint density at radius 3 is 2.80 bits per heavy atom. The van der Waals surface area contributed by atoms with Crippen molar-refractivity contribution in [3.8, 4) is 11.4 Å². The van der Waals surface area contributed by atoms with E-state index in [9.17, 15) is 9.59 Å². The van der Waals surface area contributed by atoms with Crippen LogP contribution in [-0.2, 0) is 0 Å². The van der Waals surface area contributed by atoms with Gasteiger partial charge in [0.25, 0.3) is 0 Å². The second kappa shape index (κ2) is 3.94. The number of hydrogen-bond acceptors (Lipinski definition) is 6. The van der Waals surface area contributed by atoms with Gasteiger partial charge in [0, 0.05) is 11.8 Å². The van der Waals surface area contributed by atoms with E-state index < -0.39 is 0 Å². The SMILES string of the molecule is O=C1c2ccsc2C(=O)c2c(-c3ccccn3)noc21. The topological polar surface area (TPSA) is 73.1 Å². The van der Waals surface area contributed by atoms with Gasteiger partial charge in [0.1, 0.15) is 11.3 Å². The third-order valence-electron chi connectivity index (χ3n) is 3.15. The third kappa shape index (κ3) is 1.36. The smallest absolute Gasteiger partial charge is 0.233 e. The molecule has 3 aromatic rings. The summed E-state index contributed by atoms with van der Waals surface area (Å²) in [5, 5.41) is 5.58. The van der Waals surface area contributed by atoms with Gasteiger partial charge in [-0.15, -0.1) is 11.3 Å². The van der Waals surface area contributed by atoms with Crippen molar-refractivity contribution in [1.82, 2.24) is 10.1 Å². The summed E-state index contributed by atoms with van der Waals surface area (Å²) in [6.45, 7) is 0. The number of hydrogen-bond donors (Lipinski definition) is 0. The number of nitrogens with zero attached hydrogens (tertiary/aromatic N) is 2. The molecule has 0 fully saturated rings. The van der Waals surface area contributed by atoms with Crippen molar-refractivity contribution < 1.29 is 14.1 Å². The van der Waals surface area contributed by atoms with Crippen molar-refractivity contribution in [3.05, 3.63) is 57.6 Å². The zero-order chi connectivity index (χ0) is 13.7. The van der Waals surface area contributed by atoms with Crippen molar-refractivity contribution in [2.24, 2.45) is 0 Å². The molecular weight excluding hydrogens is 276 g/mol. The van der Waals surface area contributed by atoms with Gasteiger partial charge in [0.05, 0.1) is 10.6 Å². The lowest BCUT2D eigenvalue weighted by molar-refractivity contribution is 0.0958. The fourth-order valence-electron chi connectivity index (χ4n) is 2.23. The minimum atomic E-state index is -0.300. The van der Waals surface area contributed by atoms with Crippen LogP contribution in [0.2, 0.25) is 0 Å². The summed E-state index contributed by atoms with van der Waals surface area (Å²) in [7, 11) is 0. The molecule has 1 aliphatic carbocycles. The van der Waals surface area contributed by atoms with Gasteiger partial charge < -0.3 is 4.52 Å². The summed E-state index contributed by atoms with van der Waals surface area (Å²) in [6, 6.07) is 6.90. The van der Waals surface area contributed by atoms with Crippen LogP contribution >= 0.6 is 11.3 Å². The second-order valence-electron chi connectivity index (χ2n) is 4.27. The average Bonchev–Trinajstić information content (AvgIpc) is 3.13. The number of pyridine rings is 1. The summed E-state index contributed by atoms with van der Waals surface area (Å²) in [6.07, 6.45) is 1.60. The Morgan fingerprint density at radius 2 is 2.00 bits per heavy atom. The van der Waals surface area contributed by atoms with Crippen molar-refractivity contribution in [2.75, 3.05) is 0 Å². The molecule has 0 unspecified atom stereocenters. The van der Waals surface area contributed by atoms with Crippen LogP contribution in [0.5, 0.6) is 0 Å². The Morgan fingerprint density at radius 1 is 1.10 bits per heavy atom. The number of ketones is 2. The predicted molar refractivity (Wildman–Crippen MR) is 70.9 cm³/mol. The first-order valence-electron chi connectivity index (χ1n) is 5.85. The lowest BCUT2D eigenvalue weighted by atomic mass is 9.93. The highest BCUT2D eigenvalue weighted by atomic mass is 32.1. The fourth-order valence-corrected chi connectivity index (χ4v) is 3.07. The first kappa shape index (κ1) is 11.2. The highest BCUT2D eigenvalue weighted by Gasteiger charge is 2.38. The minimum Gasteiger partial charge on any atom is -0.351 e. The summed E-state index contributed by atoms with van der Waals surface area (Å²) in [5.41, 5.74) is 1.43. The van der Waals surface area contributed by atoms with Crippen LogP contribution in [0.25, 0.3) is 11.4 Å². The van der Waals surface area contributed by atoms with Gasteiger partial charge in [-0.25, -0.2) is 0 Å². The number of rotatable bonds is 1. The van der Waals surface area contributed by atoms with E-state index in [-0.39, 0.29) is 22.9 Å². The number of fused-ring (bicyclic) bond motifs is 2. The molecule has 20 heavy (non-hydrogen) atoms. The van der Waals surface area contributed by atoms with Crippen LogP contribution in [-0.4, -0.2) is 21.7 Å². The first-order valence-corrected chi connectivity index (χ1v) is 6.73. The van der Waals surface area contributed by atoms with Gasteiger partial charge in [0.2, 0.25) is 17.3 Å². The molecule has 1 aliphatic rings. The Bertz CT molecular complexity index is 848. The van der Waals surface area contributed by atoms with Crippen LogP contribution in [0.3, 0.4) is 0 Å². The maximum atomic E-state index is 12.5. The van der Waals surface area contributed by atoms with Crippen LogP contribution < -0.4 is 0 Å². The molecule has 0 saturated carbocycles. The van der Waals surface area contributed by atoms with Crippen LogP contribution in [0.1, 0.15) is 31.4 Å². The lowest BCUT2D eigenvalue weighted by Crippen LogP contribution is -2.17. The minimum absolute atomic E-state index is 0.00144. The summed E-state index contributed by atoms with van der Waals surface area (Å²) in [5.74, 6) is -0.529. The zero-order valence-electron chi connectivity index (χ0n) is 9.99. The summed E-state index contributed by atoms with van der Waals surface area (Å²) < 4.78 is 5.09.